The molecule has 0 aliphatic carbocycles. The number of hydrogen-bond donors (Lipinski definition) is 0. The van der Waals surface area contributed by atoms with Crippen LogP contribution < -0.4 is 0 Å². The van der Waals surface area contributed by atoms with Crippen molar-refractivity contribution in [1.82, 2.24) is 0 Å². The van der Waals surface area contributed by atoms with Gasteiger partial charge in [-0.05, 0) is 30.0 Å². The largest absolute Gasteiger partial charge is 0.465 e. The van der Waals surface area contributed by atoms with E-state index in [1.807, 2.05) is 0 Å². The number of nitrogens with zero attached hydrogens (tertiary/aromatic N) is 1. The molecule has 0 saturated carbocycles. The monoisotopic (exact) mass is 293 g/mol. The number of alkyl halides is 1. The van der Waals surface area contributed by atoms with Crippen molar-refractivity contribution in [3.8, 4) is 0 Å². The first-order valence-electron chi connectivity index (χ1n) is 6.03. The maximum absolute atomic E-state index is 11.7. The maximum atomic E-state index is 11.7. The Kier molecular flexibility index (Phi) is 4.20. The number of non-ortho nitro benzene ring substituents is 1. The zero-order valence-corrected chi connectivity index (χ0v) is 11.5. The molecule has 0 aromatic heterocycles. The van der Waals surface area contributed by atoms with Gasteiger partial charge in [0.2, 0.25) is 0 Å². The number of nitro benzene ring substituents is 1. The molecule has 1 unspecified atom stereocenters. The molecule has 0 saturated heterocycles. The highest BCUT2D eigenvalue weighted by molar-refractivity contribution is 6.31. The first-order valence-corrected chi connectivity index (χ1v) is 6.46. The second-order valence-corrected chi connectivity index (χ2v) is 4.53. The van der Waals surface area contributed by atoms with Crippen molar-refractivity contribution in [1.29, 1.82) is 0 Å². The highest BCUT2D eigenvalue weighted by Crippen LogP contribution is 2.34. The minimum absolute atomic E-state index is 0.0166. The van der Waals surface area contributed by atoms with Gasteiger partial charge in [0.25, 0.3) is 5.69 Å². The van der Waals surface area contributed by atoms with Crippen molar-refractivity contribution >= 4 is 34.0 Å². The lowest BCUT2D eigenvalue weighted by Crippen LogP contribution is -2.11. The van der Waals surface area contributed by atoms with Crippen LogP contribution in [0.3, 0.4) is 0 Å². The first kappa shape index (κ1) is 14.3. The van der Waals surface area contributed by atoms with Crippen molar-refractivity contribution in [2.45, 2.75) is 12.3 Å². The van der Waals surface area contributed by atoms with Crippen LogP contribution in [-0.2, 0) is 9.53 Å². The van der Waals surface area contributed by atoms with Gasteiger partial charge in [-0.1, -0.05) is 18.2 Å². The lowest BCUT2D eigenvalue weighted by Gasteiger charge is -2.12. The molecule has 6 heteroatoms. The second kappa shape index (κ2) is 5.88. The van der Waals surface area contributed by atoms with Gasteiger partial charge in [-0.25, -0.2) is 0 Å². The van der Waals surface area contributed by atoms with E-state index in [9.17, 15) is 14.9 Å². The van der Waals surface area contributed by atoms with E-state index in [1.54, 1.807) is 31.2 Å². The van der Waals surface area contributed by atoms with Crippen molar-refractivity contribution in [2.24, 2.45) is 0 Å². The molecule has 104 valence electrons. The molecule has 0 heterocycles. The molecular weight excluding hydrogens is 282 g/mol. The van der Waals surface area contributed by atoms with Crippen LogP contribution >= 0.6 is 11.6 Å². The lowest BCUT2D eigenvalue weighted by molar-refractivity contribution is -0.383. The molecule has 0 spiro atoms. The van der Waals surface area contributed by atoms with Crippen LogP contribution in [0.25, 0.3) is 10.8 Å². The van der Waals surface area contributed by atoms with Crippen molar-refractivity contribution < 1.29 is 14.5 Å². The van der Waals surface area contributed by atoms with Crippen LogP contribution in [0.2, 0.25) is 0 Å². The Morgan fingerprint density at radius 2 is 1.95 bits per heavy atom. The topological polar surface area (TPSA) is 69.4 Å². The summed E-state index contributed by atoms with van der Waals surface area (Å²) in [6, 6.07) is 9.62. The normalized spacial score (nSPS) is 12.1. The second-order valence-electron chi connectivity index (χ2n) is 4.09. The summed E-state index contributed by atoms with van der Waals surface area (Å²) in [6.45, 7) is 1.92. The summed E-state index contributed by atoms with van der Waals surface area (Å²) in [5.41, 5.74) is 0.489. The van der Waals surface area contributed by atoms with Gasteiger partial charge in [0.15, 0.2) is 5.38 Å². The Labute approximate surface area is 120 Å². The van der Waals surface area contributed by atoms with E-state index in [0.29, 0.717) is 16.3 Å². The van der Waals surface area contributed by atoms with Gasteiger partial charge in [-0.15, -0.1) is 11.6 Å². The summed E-state index contributed by atoms with van der Waals surface area (Å²) in [6.07, 6.45) is 0. The smallest absolute Gasteiger partial charge is 0.328 e. The number of esters is 1. The average molecular weight is 294 g/mol. The van der Waals surface area contributed by atoms with Gasteiger partial charge in [0.1, 0.15) is 0 Å². The fraction of sp³-hybridized carbons (Fsp3) is 0.214. The number of ether oxygens (including phenoxy) is 1. The van der Waals surface area contributed by atoms with Crippen LogP contribution in [0.15, 0.2) is 36.4 Å². The van der Waals surface area contributed by atoms with Gasteiger partial charge in [0.05, 0.1) is 16.9 Å². The van der Waals surface area contributed by atoms with E-state index >= 15 is 0 Å². The molecule has 1 atom stereocenters. The molecule has 0 aliphatic heterocycles. The molecule has 0 aliphatic rings. The van der Waals surface area contributed by atoms with E-state index in [2.05, 4.69) is 0 Å². The van der Waals surface area contributed by atoms with E-state index < -0.39 is 16.3 Å². The van der Waals surface area contributed by atoms with E-state index in [1.165, 1.54) is 12.1 Å². The van der Waals surface area contributed by atoms with Crippen LogP contribution in [-0.4, -0.2) is 17.5 Å². The Morgan fingerprint density at radius 3 is 2.55 bits per heavy atom. The van der Waals surface area contributed by atoms with E-state index in [-0.39, 0.29) is 12.3 Å². The predicted molar refractivity (Wildman–Crippen MR) is 75.8 cm³/mol. The van der Waals surface area contributed by atoms with Gasteiger partial charge >= 0.3 is 5.97 Å². The third-order valence-electron chi connectivity index (χ3n) is 2.90. The average Bonchev–Trinajstić information content (AvgIpc) is 2.45. The van der Waals surface area contributed by atoms with E-state index in [4.69, 9.17) is 16.3 Å². The van der Waals surface area contributed by atoms with Crippen molar-refractivity contribution in [2.75, 3.05) is 6.61 Å². The summed E-state index contributed by atoms with van der Waals surface area (Å²) in [7, 11) is 0. The molecule has 20 heavy (non-hydrogen) atoms. The molecule has 2 aromatic rings. The summed E-state index contributed by atoms with van der Waals surface area (Å²) in [5, 5.41) is 11.1. The van der Waals surface area contributed by atoms with Gasteiger partial charge in [0, 0.05) is 6.07 Å². The van der Waals surface area contributed by atoms with Crippen LogP contribution in [0.1, 0.15) is 17.9 Å². The molecular formula is C14H12ClNO4. The van der Waals surface area contributed by atoms with Crippen molar-refractivity contribution in [3.63, 3.8) is 0 Å². The number of carbonyl (C=O) groups excluding carboxylic acids is 1. The number of carbonyl (C=O) groups is 1. The molecule has 0 N–H and O–H groups in total. The van der Waals surface area contributed by atoms with Gasteiger partial charge in [-0.3, -0.25) is 14.9 Å². The highest BCUT2D eigenvalue weighted by Gasteiger charge is 2.23. The zero-order valence-electron chi connectivity index (χ0n) is 10.7. The lowest BCUT2D eigenvalue weighted by atomic mass is 10.0. The minimum atomic E-state index is -0.986. The van der Waals surface area contributed by atoms with Crippen molar-refractivity contribution in [3.05, 3.63) is 52.1 Å². The molecule has 0 amide bonds. The SMILES string of the molecule is CCOC(=O)C(Cl)c1ccc([N+](=O)[O-])c2ccccc12. The minimum Gasteiger partial charge on any atom is -0.465 e. The van der Waals surface area contributed by atoms with E-state index in [0.717, 1.165) is 0 Å². The van der Waals surface area contributed by atoms with Gasteiger partial charge < -0.3 is 4.74 Å². The number of hydrogen-bond acceptors (Lipinski definition) is 4. The summed E-state index contributed by atoms with van der Waals surface area (Å²) in [4.78, 5) is 22.3. The summed E-state index contributed by atoms with van der Waals surface area (Å²) in [5.74, 6) is -0.562. The molecule has 2 rings (SSSR count). The fourth-order valence-corrected chi connectivity index (χ4v) is 2.28. The number of halogens is 1. The quantitative estimate of drug-likeness (QED) is 0.374. The molecule has 2 aromatic carbocycles. The van der Waals surface area contributed by atoms with Crippen LogP contribution in [0.5, 0.6) is 0 Å². The third-order valence-corrected chi connectivity index (χ3v) is 3.31. The fourth-order valence-electron chi connectivity index (χ4n) is 2.03. The predicted octanol–water partition coefficient (Wildman–Crippen LogP) is 3.59. The number of nitro groups is 1. The Balaban J connectivity index is 2.59. The maximum Gasteiger partial charge on any atom is 0.328 e. The molecule has 0 fully saturated rings. The molecule has 0 radical (unpaired) electrons. The number of benzene rings is 2. The van der Waals surface area contributed by atoms with Crippen LogP contribution in [0.4, 0.5) is 5.69 Å². The summed E-state index contributed by atoms with van der Waals surface area (Å²) >= 11 is 6.10. The Morgan fingerprint density at radius 1 is 1.30 bits per heavy atom. The Bertz CT molecular complexity index is 671. The number of rotatable bonds is 4. The van der Waals surface area contributed by atoms with Gasteiger partial charge in [-0.2, -0.15) is 0 Å². The number of fused-ring (bicyclic) bond motifs is 1. The summed E-state index contributed by atoms with van der Waals surface area (Å²) < 4.78 is 4.88. The molecule has 0 bridgehead atoms. The van der Waals surface area contributed by atoms with Crippen LogP contribution in [0, 0.1) is 10.1 Å². The Hall–Kier alpha value is -2.14. The zero-order chi connectivity index (χ0) is 14.7. The molecule has 5 nitrogen and oxygen atoms in total. The standard InChI is InChI=1S/C14H12ClNO4/c1-2-20-14(17)13(15)11-7-8-12(16(18)19)10-6-4-3-5-9(10)11/h3-8,13H,2H2,1H3. The first-order chi connectivity index (χ1) is 9.56. The highest BCUT2D eigenvalue weighted by atomic mass is 35.5. The third kappa shape index (κ3) is 2.58.